The molecule has 0 aromatic rings. The van der Waals surface area contributed by atoms with Crippen molar-refractivity contribution in [3.05, 3.63) is 0 Å². The molecule has 0 saturated carbocycles. The van der Waals surface area contributed by atoms with Gasteiger partial charge in [-0.15, -0.1) is 0 Å². The Morgan fingerprint density at radius 3 is 2.94 bits per heavy atom. The molecule has 1 saturated heterocycles. The number of carboxylic acids is 1. The molecule has 100 valence electrons. The second-order valence-corrected chi connectivity index (χ2v) is 4.75. The molecule has 7 nitrogen and oxygen atoms in total. The van der Waals surface area contributed by atoms with E-state index < -0.39 is 12.1 Å². The fourth-order valence-corrected chi connectivity index (χ4v) is 2.22. The highest BCUT2D eigenvalue weighted by Gasteiger charge is 2.32. The van der Waals surface area contributed by atoms with Crippen LogP contribution in [0.4, 0.5) is 0 Å². The van der Waals surface area contributed by atoms with Crippen LogP contribution in [0.5, 0.6) is 0 Å². The molecular formula is C11H17N3O4. The zero-order valence-electron chi connectivity index (χ0n) is 10.3. The van der Waals surface area contributed by atoms with E-state index in [0.29, 0.717) is 0 Å². The molecular weight excluding hydrogens is 238 g/mol. The summed E-state index contributed by atoms with van der Waals surface area (Å²) in [6.07, 6.45) is 1.21. The van der Waals surface area contributed by atoms with Crippen LogP contribution in [-0.2, 0) is 14.4 Å². The lowest BCUT2D eigenvalue weighted by atomic mass is 10.1. The average molecular weight is 255 g/mol. The standard InChI is InChI=1S/C11H17N3O4/c1-14-4-2-3-7(6-14)12-10(15)9-5-8(11(16)17)13-18-9/h7,9H,2-6H2,1H3,(H,12,15)(H,16,17). The van der Waals surface area contributed by atoms with Crippen molar-refractivity contribution in [1.82, 2.24) is 10.2 Å². The summed E-state index contributed by atoms with van der Waals surface area (Å²) < 4.78 is 0. The Bertz CT molecular complexity index is 382. The molecule has 2 aliphatic rings. The molecule has 1 fully saturated rings. The third kappa shape index (κ3) is 2.98. The van der Waals surface area contributed by atoms with E-state index in [2.05, 4.69) is 15.4 Å². The third-order valence-corrected chi connectivity index (χ3v) is 3.18. The van der Waals surface area contributed by atoms with Crippen LogP contribution in [0.25, 0.3) is 0 Å². The van der Waals surface area contributed by atoms with E-state index in [4.69, 9.17) is 9.94 Å². The van der Waals surface area contributed by atoms with Gasteiger partial charge in [0.15, 0.2) is 5.71 Å². The van der Waals surface area contributed by atoms with Gasteiger partial charge in [0, 0.05) is 19.0 Å². The van der Waals surface area contributed by atoms with Crippen molar-refractivity contribution in [2.45, 2.75) is 31.4 Å². The number of aliphatic carboxylic acids is 1. The van der Waals surface area contributed by atoms with Gasteiger partial charge in [0.1, 0.15) is 0 Å². The average Bonchev–Trinajstić information content (AvgIpc) is 2.78. The molecule has 2 N–H and O–H groups in total. The Morgan fingerprint density at radius 1 is 1.56 bits per heavy atom. The van der Waals surface area contributed by atoms with Crippen LogP contribution in [0.15, 0.2) is 5.16 Å². The zero-order chi connectivity index (χ0) is 13.1. The van der Waals surface area contributed by atoms with Gasteiger partial charge in [-0.25, -0.2) is 4.79 Å². The van der Waals surface area contributed by atoms with Crippen molar-refractivity contribution in [1.29, 1.82) is 0 Å². The molecule has 2 rings (SSSR count). The lowest BCUT2D eigenvalue weighted by Gasteiger charge is -2.30. The second-order valence-electron chi connectivity index (χ2n) is 4.75. The third-order valence-electron chi connectivity index (χ3n) is 3.18. The van der Waals surface area contributed by atoms with E-state index in [1.54, 1.807) is 0 Å². The van der Waals surface area contributed by atoms with Gasteiger partial charge in [0.05, 0.1) is 0 Å². The van der Waals surface area contributed by atoms with Crippen molar-refractivity contribution in [2.75, 3.05) is 20.1 Å². The molecule has 1 amide bonds. The van der Waals surface area contributed by atoms with E-state index in [1.165, 1.54) is 0 Å². The van der Waals surface area contributed by atoms with Crippen LogP contribution >= 0.6 is 0 Å². The number of piperidine rings is 1. The maximum absolute atomic E-state index is 11.9. The number of rotatable bonds is 3. The Balaban J connectivity index is 1.81. The summed E-state index contributed by atoms with van der Waals surface area (Å²) in [5.74, 6) is -1.42. The predicted molar refractivity (Wildman–Crippen MR) is 63.2 cm³/mol. The van der Waals surface area contributed by atoms with Crippen LogP contribution in [-0.4, -0.2) is 59.9 Å². The lowest BCUT2D eigenvalue weighted by Crippen LogP contribution is -2.49. The molecule has 7 heteroatoms. The summed E-state index contributed by atoms with van der Waals surface area (Å²) in [4.78, 5) is 29.5. The highest BCUT2D eigenvalue weighted by atomic mass is 16.6. The first-order valence-corrected chi connectivity index (χ1v) is 6.01. The van der Waals surface area contributed by atoms with Gasteiger partial charge in [0.25, 0.3) is 5.91 Å². The number of amides is 1. The minimum atomic E-state index is -1.14. The Kier molecular flexibility index (Phi) is 3.81. The van der Waals surface area contributed by atoms with E-state index in [-0.39, 0.29) is 24.1 Å². The van der Waals surface area contributed by atoms with Gasteiger partial charge in [-0.3, -0.25) is 4.79 Å². The van der Waals surface area contributed by atoms with Crippen LogP contribution in [0.1, 0.15) is 19.3 Å². The molecule has 2 atom stereocenters. The summed E-state index contributed by atoms with van der Waals surface area (Å²) >= 11 is 0. The summed E-state index contributed by atoms with van der Waals surface area (Å²) in [5.41, 5.74) is -0.101. The molecule has 0 aromatic carbocycles. The summed E-state index contributed by atoms with van der Waals surface area (Å²) in [5, 5.41) is 15.0. The number of hydrogen-bond donors (Lipinski definition) is 2. The number of nitrogens with zero attached hydrogens (tertiary/aromatic N) is 2. The molecule has 0 radical (unpaired) electrons. The Labute approximate surface area is 105 Å². The van der Waals surface area contributed by atoms with Gasteiger partial charge < -0.3 is 20.2 Å². The first kappa shape index (κ1) is 12.8. The first-order chi connectivity index (χ1) is 8.56. The number of hydrogen-bond acceptors (Lipinski definition) is 5. The number of oxime groups is 1. The second kappa shape index (κ2) is 5.34. The lowest BCUT2D eigenvalue weighted by molar-refractivity contribution is -0.132. The minimum absolute atomic E-state index is 0.0315. The maximum Gasteiger partial charge on any atom is 0.353 e. The topological polar surface area (TPSA) is 91.2 Å². The van der Waals surface area contributed by atoms with Gasteiger partial charge in [-0.05, 0) is 26.4 Å². The quantitative estimate of drug-likeness (QED) is 0.704. The Hall–Kier alpha value is -1.63. The normalized spacial score (nSPS) is 28.4. The van der Waals surface area contributed by atoms with Crippen molar-refractivity contribution >= 4 is 17.6 Å². The van der Waals surface area contributed by atoms with Crippen molar-refractivity contribution in [2.24, 2.45) is 5.16 Å². The maximum atomic E-state index is 11.9. The fraction of sp³-hybridized carbons (Fsp3) is 0.727. The van der Waals surface area contributed by atoms with E-state index >= 15 is 0 Å². The molecule has 0 aromatic heterocycles. The molecule has 0 bridgehead atoms. The molecule has 2 aliphatic heterocycles. The van der Waals surface area contributed by atoms with E-state index in [0.717, 1.165) is 25.9 Å². The van der Waals surface area contributed by atoms with Crippen LogP contribution in [0.3, 0.4) is 0 Å². The van der Waals surface area contributed by atoms with Crippen molar-refractivity contribution < 1.29 is 19.5 Å². The van der Waals surface area contributed by atoms with Crippen LogP contribution in [0, 0.1) is 0 Å². The summed E-state index contributed by atoms with van der Waals surface area (Å²) in [7, 11) is 2.01. The summed E-state index contributed by atoms with van der Waals surface area (Å²) in [6.45, 7) is 1.85. The zero-order valence-corrected chi connectivity index (χ0v) is 10.3. The molecule has 2 heterocycles. The number of carbonyl (C=O) groups is 2. The first-order valence-electron chi connectivity index (χ1n) is 6.01. The number of likely N-dealkylation sites (N-methyl/N-ethyl adjacent to an activating group) is 1. The number of carboxylic acid groups (broad SMARTS) is 1. The van der Waals surface area contributed by atoms with Crippen molar-refractivity contribution in [3.63, 3.8) is 0 Å². The molecule has 0 spiro atoms. The predicted octanol–water partition coefficient (Wildman–Crippen LogP) is -0.574. The largest absolute Gasteiger partial charge is 0.477 e. The highest BCUT2D eigenvalue weighted by molar-refractivity contribution is 6.36. The SMILES string of the molecule is CN1CCCC(NC(=O)C2CC(C(=O)O)=NO2)C1. The number of nitrogens with one attached hydrogen (secondary N) is 1. The highest BCUT2D eigenvalue weighted by Crippen LogP contribution is 2.13. The number of carbonyl (C=O) groups excluding carboxylic acids is 1. The van der Waals surface area contributed by atoms with Crippen LogP contribution in [0.2, 0.25) is 0 Å². The minimum Gasteiger partial charge on any atom is -0.477 e. The fourth-order valence-electron chi connectivity index (χ4n) is 2.22. The van der Waals surface area contributed by atoms with Crippen LogP contribution < -0.4 is 5.32 Å². The smallest absolute Gasteiger partial charge is 0.353 e. The van der Waals surface area contributed by atoms with Gasteiger partial charge >= 0.3 is 5.97 Å². The van der Waals surface area contributed by atoms with Gasteiger partial charge in [0.2, 0.25) is 6.10 Å². The van der Waals surface area contributed by atoms with E-state index in [1.807, 2.05) is 7.05 Å². The van der Waals surface area contributed by atoms with Gasteiger partial charge in [-0.1, -0.05) is 5.16 Å². The van der Waals surface area contributed by atoms with E-state index in [9.17, 15) is 9.59 Å². The molecule has 18 heavy (non-hydrogen) atoms. The summed E-state index contributed by atoms with van der Waals surface area (Å²) in [6, 6.07) is 0.105. The Morgan fingerprint density at radius 2 is 2.33 bits per heavy atom. The van der Waals surface area contributed by atoms with Crippen molar-refractivity contribution in [3.8, 4) is 0 Å². The number of likely N-dealkylation sites (tertiary alicyclic amines) is 1. The molecule has 2 unspecified atom stereocenters. The molecule has 0 aliphatic carbocycles. The van der Waals surface area contributed by atoms with Gasteiger partial charge in [-0.2, -0.15) is 0 Å². The monoisotopic (exact) mass is 255 g/mol.